The summed E-state index contributed by atoms with van der Waals surface area (Å²) < 4.78 is 17.5. The molecule has 15 heteroatoms. The lowest BCUT2D eigenvalue weighted by Gasteiger charge is -2.47. The highest BCUT2D eigenvalue weighted by Gasteiger charge is 2.45. The summed E-state index contributed by atoms with van der Waals surface area (Å²) in [5, 5.41) is 17.8. The van der Waals surface area contributed by atoms with Crippen LogP contribution in [0.25, 0.3) is 11.1 Å². The Morgan fingerprint density at radius 3 is 2.25 bits per heavy atom. The molecule has 1 heterocycles. The molecule has 2 aromatic carbocycles. The Balaban J connectivity index is 1.27. The first kappa shape index (κ1) is 53.1. The number of ketones is 1. The van der Waals surface area contributed by atoms with Crippen LogP contribution in [0.2, 0.25) is 0 Å². The molecule has 1 saturated heterocycles. The van der Waals surface area contributed by atoms with Crippen LogP contribution in [0, 0.1) is 23.7 Å². The number of fused-ring (bicyclic) bond motifs is 5. The molecule has 2 aliphatic carbocycles. The molecule has 0 aromatic heterocycles. The molecule has 15 nitrogen and oxygen atoms in total. The molecule has 6 N–H and O–H groups in total. The molecule has 1 aliphatic heterocycles. The minimum Gasteiger partial charge on any atom is -0.444 e. The molecule has 67 heavy (non-hydrogen) atoms. The summed E-state index contributed by atoms with van der Waals surface area (Å²) in [6, 6.07) is 13.2. The number of methoxy groups -OCH3 is 2. The molecule has 3 aliphatic rings. The van der Waals surface area contributed by atoms with Crippen molar-refractivity contribution in [2.24, 2.45) is 23.7 Å². The van der Waals surface area contributed by atoms with Gasteiger partial charge in [-0.3, -0.25) is 29.3 Å². The van der Waals surface area contributed by atoms with E-state index in [9.17, 15) is 28.8 Å². The van der Waals surface area contributed by atoms with Crippen molar-refractivity contribution in [1.29, 1.82) is 0 Å². The Morgan fingerprint density at radius 2 is 1.55 bits per heavy atom. The molecular formula is C52H78N6O9. The number of carbonyl (C=O) groups excluding carboxylic acids is 6. The van der Waals surface area contributed by atoms with E-state index in [1.165, 1.54) is 0 Å². The standard InChI is InChI=1S/C52H78N6O9/c1-8-14-36-30-38(19-21-39(36)35-15-10-9-11-16-35)49(62)54-28-25-46(60)58-42(17-12-13-26-55-51(64)67-52(3,4)5)43(59)32-56-47-37-20-23-45(66-7)41(31-37)40-29-34(18-22-44(40)65-6)24-27-53-48(61)33(2)57-50(47)63/h9-11,15-16,19,21,30,33-34,37,40-42,44-45,47,56H,8,12-14,17-18,20,22-29,31-32H2,1-7H3,(H,53,61)(H,54,62)(H,55,64)(H,57,63)(H,58,60)/t33-,34+,37-,40-,41-,42-,44-,45-,47-/m0/s1. The Kier molecular flexibility index (Phi) is 20.6. The van der Waals surface area contributed by atoms with Crippen molar-refractivity contribution in [3.8, 4) is 11.1 Å². The van der Waals surface area contributed by atoms with E-state index in [0.29, 0.717) is 50.3 Å². The van der Waals surface area contributed by atoms with Crippen molar-refractivity contribution in [3.63, 3.8) is 0 Å². The van der Waals surface area contributed by atoms with Gasteiger partial charge in [0.25, 0.3) is 5.91 Å². The normalized spacial score (nSPS) is 25.1. The van der Waals surface area contributed by atoms with Crippen LogP contribution < -0.4 is 31.9 Å². The van der Waals surface area contributed by atoms with Crippen LogP contribution in [-0.2, 0) is 39.8 Å². The van der Waals surface area contributed by atoms with Crippen LogP contribution >= 0.6 is 0 Å². The number of benzene rings is 2. The summed E-state index contributed by atoms with van der Waals surface area (Å²) >= 11 is 0. The maximum atomic E-state index is 14.2. The van der Waals surface area contributed by atoms with Gasteiger partial charge >= 0.3 is 6.09 Å². The number of ether oxygens (including phenoxy) is 3. The molecule has 0 unspecified atom stereocenters. The van der Waals surface area contributed by atoms with Gasteiger partial charge in [0.1, 0.15) is 11.6 Å². The molecule has 5 amide bonds. The molecular weight excluding hydrogens is 853 g/mol. The second-order valence-electron chi connectivity index (χ2n) is 19.8. The van der Waals surface area contributed by atoms with Crippen molar-refractivity contribution >= 4 is 35.5 Å². The molecule has 2 saturated carbocycles. The van der Waals surface area contributed by atoms with Crippen LogP contribution in [0.15, 0.2) is 48.5 Å². The maximum Gasteiger partial charge on any atom is 0.407 e. The zero-order chi connectivity index (χ0) is 48.5. The molecule has 9 atom stereocenters. The summed E-state index contributed by atoms with van der Waals surface area (Å²) in [5.41, 5.74) is 3.08. The second-order valence-corrected chi connectivity index (χ2v) is 19.8. The van der Waals surface area contributed by atoms with Crippen molar-refractivity contribution in [1.82, 2.24) is 31.9 Å². The highest BCUT2D eigenvalue weighted by Crippen LogP contribution is 2.45. The summed E-state index contributed by atoms with van der Waals surface area (Å²) in [5.74, 6) is -1.02. The Labute approximate surface area is 398 Å². The number of amides is 5. The number of hydrogen-bond acceptors (Lipinski definition) is 10. The van der Waals surface area contributed by atoms with Crippen LogP contribution in [0.3, 0.4) is 0 Å². The molecule has 0 spiro atoms. The van der Waals surface area contributed by atoms with E-state index >= 15 is 0 Å². The SMILES string of the molecule is CCCc1cc(C(=O)NCCC(=O)N[C@@H](CCCCNC(=O)OC(C)(C)C)C(=O)CN[C@@H]2C(=O)N[C@@H](C)C(=O)NCC[C@H]3CC[C@H](OC)[C@@H](C3)[C@@H]3C[C@@H]2CC[C@@H]3OC)ccc1-c1ccccc1. The predicted octanol–water partition coefficient (Wildman–Crippen LogP) is 6.02. The van der Waals surface area contributed by atoms with E-state index in [1.54, 1.807) is 48.0 Å². The number of Topliss-reactive ketones (excluding diaryl/α,β-unsaturated/α-hetero) is 1. The van der Waals surface area contributed by atoms with E-state index in [2.05, 4.69) is 38.8 Å². The van der Waals surface area contributed by atoms with Gasteiger partial charge in [0.2, 0.25) is 17.7 Å². The maximum absolute atomic E-state index is 14.2. The van der Waals surface area contributed by atoms with Gasteiger partial charge in [0.15, 0.2) is 5.78 Å². The van der Waals surface area contributed by atoms with E-state index in [4.69, 9.17) is 14.2 Å². The Morgan fingerprint density at radius 1 is 0.836 bits per heavy atom. The number of rotatable bonds is 19. The average molecular weight is 931 g/mol. The molecule has 5 rings (SSSR count). The first-order chi connectivity index (χ1) is 32.1. The summed E-state index contributed by atoms with van der Waals surface area (Å²) in [4.78, 5) is 80.7. The van der Waals surface area contributed by atoms with Crippen LogP contribution in [0.4, 0.5) is 4.79 Å². The first-order valence-electron chi connectivity index (χ1n) is 24.7. The predicted molar refractivity (Wildman–Crippen MR) is 258 cm³/mol. The molecule has 2 aromatic rings. The number of hydrogen-bond donors (Lipinski definition) is 6. The third kappa shape index (κ3) is 16.1. The minimum atomic E-state index is -0.913. The largest absolute Gasteiger partial charge is 0.444 e. The quantitative estimate of drug-likeness (QED) is 0.0906. The fourth-order valence-electron chi connectivity index (χ4n) is 10.3. The van der Waals surface area contributed by atoms with Crippen molar-refractivity contribution in [2.45, 2.75) is 154 Å². The lowest BCUT2D eigenvalue weighted by atomic mass is 9.64. The van der Waals surface area contributed by atoms with Gasteiger partial charge in [0.05, 0.1) is 30.8 Å². The van der Waals surface area contributed by atoms with Gasteiger partial charge in [-0.15, -0.1) is 0 Å². The van der Waals surface area contributed by atoms with Crippen LogP contribution in [-0.4, -0.2) is 112 Å². The molecule has 370 valence electrons. The van der Waals surface area contributed by atoms with Gasteiger partial charge in [-0.05, 0) is 151 Å². The monoisotopic (exact) mass is 931 g/mol. The number of carbonyl (C=O) groups is 6. The molecule has 3 fully saturated rings. The number of aryl methyl sites for hydroxylation is 1. The lowest BCUT2D eigenvalue weighted by Crippen LogP contribution is -2.58. The number of unbranched alkanes of at least 4 members (excludes halogenated alkanes) is 1. The van der Waals surface area contributed by atoms with E-state index in [0.717, 1.165) is 61.6 Å². The van der Waals surface area contributed by atoms with Crippen molar-refractivity contribution in [2.75, 3.05) is 40.4 Å². The highest BCUT2D eigenvalue weighted by molar-refractivity contribution is 5.96. The van der Waals surface area contributed by atoms with Gasteiger partial charge in [-0.25, -0.2) is 4.79 Å². The van der Waals surface area contributed by atoms with E-state index in [-0.39, 0.29) is 79.4 Å². The van der Waals surface area contributed by atoms with Crippen LogP contribution in [0.5, 0.6) is 0 Å². The number of nitrogens with one attached hydrogen (secondary N) is 6. The third-order valence-corrected chi connectivity index (χ3v) is 13.7. The lowest BCUT2D eigenvalue weighted by molar-refractivity contribution is -0.133. The molecule has 4 bridgehead atoms. The van der Waals surface area contributed by atoms with Gasteiger partial charge in [-0.1, -0.05) is 49.7 Å². The Hall–Kier alpha value is -4.86. The van der Waals surface area contributed by atoms with Gasteiger partial charge < -0.3 is 40.8 Å². The van der Waals surface area contributed by atoms with E-state index in [1.807, 2.05) is 42.5 Å². The average Bonchev–Trinajstić information content (AvgIpc) is 3.30. The summed E-state index contributed by atoms with van der Waals surface area (Å²) in [6.07, 6.45) is 8.32. The smallest absolute Gasteiger partial charge is 0.407 e. The zero-order valence-electron chi connectivity index (χ0n) is 41.0. The van der Waals surface area contributed by atoms with Gasteiger partial charge in [0, 0.05) is 45.8 Å². The number of alkyl carbamates (subject to hydrolysis) is 1. The highest BCUT2D eigenvalue weighted by atomic mass is 16.6. The van der Waals surface area contributed by atoms with Crippen LogP contribution in [0.1, 0.15) is 128 Å². The minimum absolute atomic E-state index is 0.00225. The third-order valence-electron chi connectivity index (χ3n) is 13.7. The summed E-state index contributed by atoms with van der Waals surface area (Å²) in [7, 11) is 3.52. The van der Waals surface area contributed by atoms with Crippen molar-refractivity contribution in [3.05, 3.63) is 59.7 Å². The van der Waals surface area contributed by atoms with Gasteiger partial charge in [-0.2, -0.15) is 0 Å². The first-order valence-corrected chi connectivity index (χ1v) is 24.7. The topological polar surface area (TPSA) is 202 Å². The zero-order valence-corrected chi connectivity index (χ0v) is 41.0. The second kappa shape index (κ2) is 26.0. The Bertz CT molecular complexity index is 1960. The fourth-order valence-corrected chi connectivity index (χ4v) is 10.3. The summed E-state index contributed by atoms with van der Waals surface area (Å²) in [6.45, 7) is 9.79. The fraction of sp³-hybridized carbons (Fsp3) is 0.654. The van der Waals surface area contributed by atoms with E-state index < -0.39 is 35.7 Å². The van der Waals surface area contributed by atoms with Crippen molar-refractivity contribution < 1.29 is 43.0 Å². The molecule has 0 radical (unpaired) electrons.